The number of aryl methyl sites for hydroxylation is 1. The third kappa shape index (κ3) is 3.49. The Morgan fingerprint density at radius 3 is 3.05 bits per heavy atom. The van der Waals surface area contributed by atoms with Crippen molar-refractivity contribution in [2.24, 2.45) is 0 Å². The molecule has 0 spiro atoms. The van der Waals surface area contributed by atoms with Gasteiger partial charge >= 0.3 is 0 Å². The predicted octanol–water partition coefficient (Wildman–Crippen LogP) is 3.03. The maximum absolute atomic E-state index is 11.4. The molecule has 2 rings (SSSR count). The van der Waals surface area contributed by atoms with Crippen LogP contribution in [-0.2, 0) is 11.2 Å². The fourth-order valence-electron chi connectivity index (χ4n) is 2.81. The Labute approximate surface area is 115 Å². The maximum atomic E-state index is 11.4. The molecule has 3 nitrogen and oxygen atoms in total. The molecule has 0 fully saturated rings. The highest BCUT2D eigenvalue weighted by atomic mass is 16.5. The van der Waals surface area contributed by atoms with E-state index < -0.39 is 0 Å². The molecule has 3 heteroatoms. The van der Waals surface area contributed by atoms with Gasteiger partial charge in [-0.15, -0.1) is 0 Å². The summed E-state index contributed by atoms with van der Waals surface area (Å²) in [5.74, 6) is 1.70. The third-order valence-corrected chi connectivity index (χ3v) is 3.84. The van der Waals surface area contributed by atoms with Gasteiger partial charge in [0.25, 0.3) is 0 Å². The molecule has 1 N–H and O–H groups in total. The van der Waals surface area contributed by atoms with Crippen LogP contribution in [-0.4, -0.2) is 19.6 Å². The molecule has 1 unspecified atom stereocenters. The standard InChI is InChI=1S/C16H23NO2/c1-3-4-16(18)17-10-9-12-5-6-13-11-14(19-2)7-8-15(12)13/h7-8,11-12H,3-6,9-10H2,1-2H3,(H,17,18). The van der Waals surface area contributed by atoms with Crippen molar-refractivity contribution >= 4 is 5.91 Å². The quantitative estimate of drug-likeness (QED) is 0.854. The number of methoxy groups -OCH3 is 1. The van der Waals surface area contributed by atoms with Crippen LogP contribution >= 0.6 is 0 Å². The molecule has 0 heterocycles. The van der Waals surface area contributed by atoms with Crippen molar-refractivity contribution in [1.82, 2.24) is 5.32 Å². The first kappa shape index (κ1) is 13.9. The van der Waals surface area contributed by atoms with E-state index in [1.807, 2.05) is 13.0 Å². The number of hydrogen-bond donors (Lipinski definition) is 1. The number of nitrogens with one attached hydrogen (secondary N) is 1. The predicted molar refractivity (Wildman–Crippen MR) is 76.6 cm³/mol. The van der Waals surface area contributed by atoms with E-state index in [1.165, 1.54) is 17.5 Å². The van der Waals surface area contributed by atoms with E-state index in [0.29, 0.717) is 12.3 Å². The molecule has 0 saturated carbocycles. The molecule has 0 aromatic heterocycles. The van der Waals surface area contributed by atoms with E-state index in [-0.39, 0.29) is 5.91 Å². The summed E-state index contributed by atoms with van der Waals surface area (Å²) in [5.41, 5.74) is 2.84. The monoisotopic (exact) mass is 261 g/mol. The van der Waals surface area contributed by atoms with Crippen LogP contribution in [0.2, 0.25) is 0 Å². The van der Waals surface area contributed by atoms with Gasteiger partial charge in [-0.25, -0.2) is 0 Å². The topological polar surface area (TPSA) is 38.3 Å². The molecule has 1 aliphatic rings. The van der Waals surface area contributed by atoms with Crippen LogP contribution in [0.25, 0.3) is 0 Å². The van der Waals surface area contributed by atoms with Crippen LogP contribution in [0, 0.1) is 0 Å². The second kappa shape index (κ2) is 6.60. The molecule has 0 radical (unpaired) electrons. The average molecular weight is 261 g/mol. The highest BCUT2D eigenvalue weighted by molar-refractivity contribution is 5.75. The summed E-state index contributed by atoms with van der Waals surface area (Å²) in [6, 6.07) is 6.36. The normalized spacial score (nSPS) is 17.1. The Kier molecular flexibility index (Phi) is 4.83. The van der Waals surface area contributed by atoms with Gasteiger partial charge < -0.3 is 10.1 Å². The van der Waals surface area contributed by atoms with Gasteiger partial charge in [0.05, 0.1) is 7.11 Å². The Morgan fingerprint density at radius 1 is 1.47 bits per heavy atom. The van der Waals surface area contributed by atoms with Gasteiger partial charge in [0.1, 0.15) is 5.75 Å². The lowest BCUT2D eigenvalue weighted by Gasteiger charge is -2.12. The Balaban J connectivity index is 1.87. The molecule has 19 heavy (non-hydrogen) atoms. The fourth-order valence-corrected chi connectivity index (χ4v) is 2.81. The van der Waals surface area contributed by atoms with E-state index >= 15 is 0 Å². The molecule has 0 aliphatic heterocycles. The molecule has 1 aromatic rings. The third-order valence-electron chi connectivity index (χ3n) is 3.84. The van der Waals surface area contributed by atoms with Gasteiger partial charge in [-0.05, 0) is 54.9 Å². The van der Waals surface area contributed by atoms with Crippen LogP contribution in [0.5, 0.6) is 5.75 Å². The SMILES string of the molecule is CCCC(=O)NCCC1CCc2cc(OC)ccc21. The first-order valence-corrected chi connectivity index (χ1v) is 7.18. The van der Waals surface area contributed by atoms with Gasteiger partial charge in [0.2, 0.25) is 5.91 Å². The van der Waals surface area contributed by atoms with Crippen molar-refractivity contribution < 1.29 is 9.53 Å². The van der Waals surface area contributed by atoms with E-state index in [4.69, 9.17) is 4.74 Å². The van der Waals surface area contributed by atoms with Crippen molar-refractivity contribution in [1.29, 1.82) is 0 Å². The van der Waals surface area contributed by atoms with Crippen molar-refractivity contribution in [3.05, 3.63) is 29.3 Å². The summed E-state index contributed by atoms with van der Waals surface area (Å²) < 4.78 is 5.26. The molecule has 1 aliphatic carbocycles. The zero-order valence-electron chi connectivity index (χ0n) is 11.9. The summed E-state index contributed by atoms with van der Waals surface area (Å²) in [6.45, 7) is 2.81. The van der Waals surface area contributed by atoms with E-state index in [2.05, 4.69) is 17.4 Å². The molecular formula is C16H23NO2. The van der Waals surface area contributed by atoms with Crippen LogP contribution in [0.1, 0.15) is 49.7 Å². The van der Waals surface area contributed by atoms with Crippen LogP contribution in [0.15, 0.2) is 18.2 Å². The van der Waals surface area contributed by atoms with Crippen LogP contribution < -0.4 is 10.1 Å². The highest BCUT2D eigenvalue weighted by Crippen LogP contribution is 2.36. The van der Waals surface area contributed by atoms with Crippen molar-refractivity contribution in [3.63, 3.8) is 0 Å². The number of carbonyl (C=O) groups is 1. The zero-order chi connectivity index (χ0) is 13.7. The lowest BCUT2D eigenvalue weighted by molar-refractivity contribution is -0.121. The van der Waals surface area contributed by atoms with Gasteiger partial charge in [0, 0.05) is 13.0 Å². The Morgan fingerprint density at radius 2 is 2.32 bits per heavy atom. The minimum atomic E-state index is 0.176. The average Bonchev–Trinajstić information content (AvgIpc) is 2.81. The molecule has 0 bridgehead atoms. The summed E-state index contributed by atoms with van der Waals surface area (Å²) >= 11 is 0. The smallest absolute Gasteiger partial charge is 0.219 e. The number of fused-ring (bicyclic) bond motifs is 1. The van der Waals surface area contributed by atoms with Crippen molar-refractivity contribution in [3.8, 4) is 5.75 Å². The fraction of sp³-hybridized carbons (Fsp3) is 0.562. The lowest BCUT2D eigenvalue weighted by atomic mass is 9.98. The van der Waals surface area contributed by atoms with E-state index in [1.54, 1.807) is 7.11 Å². The number of amides is 1. The summed E-state index contributed by atoms with van der Waals surface area (Å²) in [5, 5.41) is 3.00. The minimum absolute atomic E-state index is 0.176. The van der Waals surface area contributed by atoms with Gasteiger partial charge in [-0.2, -0.15) is 0 Å². The van der Waals surface area contributed by atoms with Gasteiger partial charge in [-0.1, -0.05) is 13.0 Å². The molecular weight excluding hydrogens is 238 g/mol. The van der Waals surface area contributed by atoms with Crippen molar-refractivity contribution in [2.45, 2.75) is 44.9 Å². The zero-order valence-corrected chi connectivity index (χ0v) is 11.9. The number of rotatable bonds is 6. The number of hydrogen-bond acceptors (Lipinski definition) is 2. The first-order chi connectivity index (χ1) is 9.24. The molecule has 1 atom stereocenters. The molecule has 1 amide bonds. The lowest BCUT2D eigenvalue weighted by Crippen LogP contribution is -2.24. The molecule has 0 saturated heterocycles. The first-order valence-electron chi connectivity index (χ1n) is 7.18. The molecule has 1 aromatic carbocycles. The summed E-state index contributed by atoms with van der Waals surface area (Å²) in [4.78, 5) is 11.4. The number of carbonyl (C=O) groups excluding carboxylic acids is 1. The van der Waals surface area contributed by atoms with Crippen LogP contribution in [0.3, 0.4) is 0 Å². The second-order valence-corrected chi connectivity index (χ2v) is 5.19. The highest BCUT2D eigenvalue weighted by Gasteiger charge is 2.22. The number of ether oxygens (including phenoxy) is 1. The Bertz CT molecular complexity index is 442. The van der Waals surface area contributed by atoms with Crippen LogP contribution in [0.4, 0.5) is 0 Å². The Hall–Kier alpha value is -1.51. The van der Waals surface area contributed by atoms with E-state index in [0.717, 1.165) is 31.6 Å². The second-order valence-electron chi connectivity index (χ2n) is 5.19. The van der Waals surface area contributed by atoms with Gasteiger partial charge in [-0.3, -0.25) is 4.79 Å². The van der Waals surface area contributed by atoms with Crippen molar-refractivity contribution in [2.75, 3.05) is 13.7 Å². The summed E-state index contributed by atoms with van der Waals surface area (Å²) in [6.07, 6.45) is 4.90. The molecule has 104 valence electrons. The largest absolute Gasteiger partial charge is 0.497 e. The number of benzene rings is 1. The summed E-state index contributed by atoms with van der Waals surface area (Å²) in [7, 11) is 1.71. The van der Waals surface area contributed by atoms with E-state index in [9.17, 15) is 4.79 Å². The maximum Gasteiger partial charge on any atom is 0.219 e. The van der Waals surface area contributed by atoms with Gasteiger partial charge in [0.15, 0.2) is 0 Å². The minimum Gasteiger partial charge on any atom is -0.497 e.